The molecule has 1 aromatic heterocycles. The molecule has 0 aliphatic carbocycles. The van der Waals surface area contributed by atoms with E-state index in [1.54, 1.807) is 4.90 Å². The Bertz CT molecular complexity index is 1330. The molecule has 2 aliphatic heterocycles. The van der Waals surface area contributed by atoms with Crippen LogP contribution in [0, 0.1) is 0 Å². The van der Waals surface area contributed by atoms with E-state index < -0.39 is 6.04 Å². The first-order valence-electron chi connectivity index (χ1n) is 11.5. The first-order valence-corrected chi connectivity index (χ1v) is 11.5. The van der Waals surface area contributed by atoms with Crippen LogP contribution in [-0.4, -0.2) is 45.7 Å². The maximum atomic E-state index is 13.7. The predicted octanol–water partition coefficient (Wildman–Crippen LogP) is 4.10. The first-order chi connectivity index (χ1) is 16.2. The molecular formula is C28H25N3O2. The summed E-state index contributed by atoms with van der Waals surface area (Å²) in [6, 6.07) is 27.6. The summed E-state index contributed by atoms with van der Waals surface area (Å²) in [7, 11) is 0. The molecule has 3 aromatic carbocycles. The largest absolute Gasteiger partial charge is 0.356 e. The van der Waals surface area contributed by atoms with Crippen molar-refractivity contribution < 1.29 is 9.59 Å². The molecule has 4 aromatic rings. The number of hydrogen-bond donors (Lipinski definition) is 1. The fraction of sp³-hybridized carbons (Fsp3) is 0.214. The summed E-state index contributed by atoms with van der Waals surface area (Å²) >= 11 is 0. The molecule has 0 spiro atoms. The van der Waals surface area contributed by atoms with Crippen LogP contribution in [-0.2, 0) is 22.4 Å². The lowest BCUT2D eigenvalue weighted by Crippen LogP contribution is -2.63. The van der Waals surface area contributed by atoms with Crippen molar-refractivity contribution in [3.8, 4) is 0 Å². The normalized spacial score (nSPS) is 20.1. The van der Waals surface area contributed by atoms with Gasteiger partial charge in [0.05, 0.1) is 12.6 Å². The predicted molar refractivity (Wildman–Crippen MR) is 128 cm³/mol. The molecule has 1 fully saturated rings. The molecule has 1 saturated heterocycles. The number of H-pyrrole nitrogens is 1. The minimum atomic E-state index is -0.487. The van der Waals surface area contributed by atoms with Crippen LogP contribution in [0.25, 0.3) is 10.9 Å². The van der Waals surface area contributed by atoms with Crippen molar-refractivity contribution >= 4 is 22.7 Å². The van der Waals surface area contributed by atoms with E-state index in [2.05, 4.69) is 29.2 Å². The molecule has 2 amide bonds. The van der Waals surface area contributed by atoms with Crippen LogP contribution >= 0.6 is 0 Å². The summed E-state index contributed by atoms with van der Waals surface area (Å²) in [5.41, 5.74) is 5.41. The molecule has 33 heavy (non-hydrogen) atoms. The maximum Gasteiger partial charge on any atom is 0.246 e. The summed E-state index contributed by atoms with van der Waals surface area (Å²) in [6.07, 6.45) is 1.28. The number of aromatic nitrogens is 1. The molecule has 3 heterocycles. The lowest BCUT2D eigenvalue weighted by atomic mass is 9.86. The molecular weight excluding hydrogens is 410 g/mol. The molecule has 0 saturated carbocycles. The molecule has 2 unspecified atom stereocenters. The van der Waals surface area contributed by atoms with Crippen molar-refractivity contribution in [2.75, 3.05) is 13.1 Å². The Morgan fingerprint density at radius 1 is 0.848 bits per heavy atom. The molecule has 0 bridgehead atoms. The summed E-state index contributed by atoms with van der Waals surface area (Å²) in [5.74, 6) is 0.0493. The Balaban J connectivity index is 1.40. The third-order valence-corrected chi connectivity index (χ3v) is 6.97. The van der Waals surface area contributed by atoms with Crippen LogP contribution in [0.4, 0.5) is 0 Å². The number of aromatic amines is 1. The van der Waals surface area contributed by atoms with Crippen LogP contribution in [0.5, 0.6) is 0 Å². The average molecular weight is 436 g/mol. The Morgan fingerprint density at radius 3 is 2.33 bits per heavy atom. The fourth-order valence-electron chi connectivity index (χ4n) is 5.40. The number of amides is 2. The highest BCUT2D eigenvalue weighted by atomic mass is 16.2. The number of para-hydroxylation sites is 1. The number of fused-ring (bicyclic) bond motifs is 4. The first kappa shape index (κ1) is 19.8. The van der Waals surface area contributed by atoms with E-state index in [4.69, 9.17) is 0 Å². The highest BCUT2D eigenvalue weighted by Gasteiger charge is 2.47. The van der Waals surface area contributed by atoms with Crippen molar-refractivity contribution in [3.05, 3.63) is 107 Å². The van der Waals surface area contributed by atoms with Gasteiger partial charge in [-0.3, -0.25) is 9.59 Å². The van der Waals surface area contributed by atoms with Gasteiger partial charge in [-0.15, -0.1) is 0 Å². The number of piperazine rings is 1. The monoisotopic (exact) mass is 435 g/mol. The smallest absolute Gasteiger partial charge is 0.246 e. The number of carbonyl (C=O) groups excluding carboxylic acids is 2. The van der Waals surface area contributed by atoms with Crippen molar-refractivity contribution in [2.45, 2.75) is 24.9 Å². The zero-order valence-corrected chi connectivity index (χ0v) is 18.3. The van der Waals surface area contributed by atoms with Crippen LogP contribution in [0.1, 0.15) is 28.4 Å². The number of benzene rings is 3. The standard InChI is InChI=1S/C28H25N3O2/c32-25-18-30(16-15-19-9-3-1-4-10-19)28(33)24-17-22-21-13-7-8-14-23(21)29-26(22)27(31(24)25)20-11-5-2-6-12-20/h1-14,24,27,29H,15-18H2. The molecule has 0 radical (unpaired) electrons. The summed E-state index contributed by atoms with van der Waals surface area (Å²) in [5, 5.41) is 1.13. The van der Waals surface area contributed by atoms with Gasteiger partial charge in [0.2, 0.25) is 11.8 Å². The summed E-state index contributed by atoms with van der Waals surface area (Å²) < 4.78 is 0. The van der Waals surface area contributed by atoms with Gasteiger partial charge in [0.15, 0.2) is 0 Å². The van der Waals surface area contributed by atoms with Crippen LogP contribution in [0.2, 0.25) is 0 Å². The highest BCUT2D eigenvalue weighted by Crippen LogP contribution is 2.42. The molecule has 6 rings (SSSR count). The topological polar surface area (TPSA) is 56.4 Å². The van der Waals surface area contributed by atoms with Gasteiger partial charge in [-0.25, -0.2) is 0 Å². The van der Waals surface area contributed by atoms with Gasteiger partial charge in [0, 0.05) is 29.6 Å². The lowest BCUT2D eigenvalue weighted by Gasteiger charge is -2.47. The second-order valence-electron chi connectivity index (χ2n) is 8.89. The molecule has 2 aliphatic rings. The number of carbonyl (C=O) groups is 2. The molecule has 5 nitrogen and oxygen atoms in total. The van der Waals surface area contributed by atoms with Crippen LogP contribution < -0.4 is 0 Å². The van der Waals surface area contributed by atoms with Gasteiger partial charge in [-0.1, -0.05) is 78.9 Å². The van der Waals surface area contributed by atoms with E-state index in [0.717, 1.165) is 34.1 Å². The molecule has 5 heteroatoms. The number of hydrogen-bond acceptors (Lipinski definition) is 2. The van der Waals surface area contributed by atoms with Gasteiger partial charge < -0.3 is 14.8 Å². The van der Waals surface area contributed by atoms with E-state index in [1.165, 1.54) is 5.56 Å². The van der Waals surface area contributed by atoms with E-state index in [0.29, 0.717) is 13.0 Å². The number of nitrogens with one attached hydrogen (secondary N) is 1. The van der Waals surface area contributed by atoms with E-state index in [9.17, 15) is 9.59 Å². The second kappa shape index (κ2) is 7.93. The minimum absolute atomic E-state index is 0.00539. The third kappa shape index (κ3) is 3.32. The Labute approximate surface area is 192 Å². The van der Waals surface area contributed by atoms with Gasteiger partial charge in [0.1, 0.15) is 6.04 Å². The zero-order valence-electron chi connectivity index (χ0n) is 18.3. The third-order valence-electron chi connectivity index (χ3n) is 6.97. The molecule has 1 N–H and O–H groups in total. The fourth-order valence-corrected chi connectivity index (χ4v) is 5.40. The SMILES string of the molecule is O=C1C2Cc3c([nH]c4ccccc34)C(c3ccccc3)N2C(=O)CN1CCc1ccccc1. The Kier molecular flexibility index (Phi) is 4.75. The van der Waals surface area contributed by atoms with Crippen molar-refractivity contribution in [1.82, 2.24) is 14.8 Å². The quantitative estimate of drug-likeness (QED) is 0.525. The van der Waals surface area contributed by atoms with Gasteiger partial charge in [-0.2, -0.15) is 0 Å². The Hall–Kier alpha value is -3.86. The zero-order chi connectivity index (χ0) is 22.4. The van der Waals surface area contributed by atoms with Gasteiger partial charge in [-0.05, 0) is 29.2 Å². The van der Waals surface area contributed by atoms with Crippen LogP contribution in [0.15, 0.2) is 84.9 Å². The molecule has 2 atom stereocenters. The average Bonchev–Trinajstić information content (AvgIpc) is 3.23. The summed E-state index contributed by atoms with van der Waals surface area (Å²) in [4.78, 5) is 34.4. The molecule has 164 valence electrons. The number of rotatable bonds is 4. The Morgan fingerprint density at radius 2 is 1.55 bits per heavy atom. The van der Waals surface area contributed by atoms with Crippen molar-refractivity contribution in [3.63, 3.8) is 0 Å². The maximum absolute atomic E-state index is 13.7. The second-order valence-corrected chi connectivity index (χ2v) is 8.89. The van der Waals surface area contributed by atoms with Gasteiger partial charge >= 0.3 is 0 Å². The van der Waals surface area contributed by atoms with E-state index >= 15 is 0 Å². The summed E-state index contributed by atoms with van der Waals surface area (Å²) in [6.45, 7) is 0.677. The van der Waals surface area contributed by atoms with E-state index in [1.807, 2.05) is 65.6 Å². The lowest BCUT2D eigenvalue weighted by molar-refractivity contribution is -0.158. The van der Waals surface area contributed by atoms with Gasteiger partial charge in [0.25, 0.3) is 0 Å². The number of nitrogens with zero attached hydrogens (tertiary/aromatic N) is 2. The minimum Gasteiger partial charge on any atom is -0.356 e. The van der Waals surface area contributed by atoms with E-state index in [-0.39, 0.29) is 24.4 Å². The van der Waals surface area contributed by atoms with Crippen LogP contribution in [0.3, 0.4) is 0 Å². The highest BCUT2D eigenvalue weighted by molar-refractivity contribution is 5.97. The van der Waals surface area contributed by atoms with Crippen molar-refractivity contribution in [1.29, 1.82) is 0 Å². The van der Waals surface area contributed by atoms with Crippen molar-refractivity contribution in [2.24, 2.45) is 0 Å².